The number of nitrogens with two attached hydrogens (primary N) is 2. The largest absolute Gasteiger partial charge is 0.423 e. The molecule has 2 rings (SSSR count). The van der Waals surface area contributed by atoms with Crippen LogP contribution in [0.3, 0.4) is 0 Å². The van der Waals surface area contributed by atoms with Crippen molar-refractivity contribution in [1.29, 1.82) is 0 Å². The van der Waals surface area contributed by atoms with Gasteiger partial charge >= 0.3 is 6.03 Å². The molecule has 3 amide bonds. The third-order valence-electron chi connectivity index (χ3n) is 1.88. The Balaban J connectivity index is 2.45. The number of benzene rings is 1. The van der Waals surface area contributed by atoms with Crippen LogP contribution in [0.5, 0.6) is 0 Å². The van der Waals surface area contributed by atoms with E-state index in [-0.39, 0.29) is 6.03 Å². The van der Waals surface area contributed by atoms with E-state index in [0.29, 0.717) is 11.3 Å². The van der Waals surface area contributed by atoms with Crippen LogP contribution in [0.15, 0.2) is 18.2 Å². The highest BCUT2D eigenvalue weighted by Gasteiger charge is 2.22. The minimum Gasteiger partial charge on any atom is -0.366 e. The van der Waals surface area contributed by atoms with E-state index in [4.69, 9.17) is 5.73 Å². The van der Waals surface area contributed by atoms with Gasteiger partial charge in [-0.25, -0.2) is 10.1 Å². The fourth-order valence-corrected chi connectivity index (χ4v) is 1.26. The minimum absolute atomic E-state index is 0.170. The molecule has 0 aromatic heterocycles. The van der Waals surface area contributed by atoms with E-state index in [1.807, 2.05) is 0 Å². The molecule has 1 aliphatic heterocycles. The first-order valence-corrected chi connectivity index (χ1v) is 3.76. The molecule has 0 bridgehead atoms. The monoisotopic (exact) mass is 178 g/mol. The van der Waals surface area contributed by atoms with Crippen LogP contribution in [-0.2, 0) is 0 Å². The number of anilines is 1. The molecule has 0 saturated heterocycles. The quantitative estimate of drug-likeness (QED) is 0.507. The molecule has 0 radical (unpaired) electrons. The maximum atomic E-state index is 10.9. The number of primary amides is 2. The topological polar surface area (TPSA) is 88.8 Å². The molecule has 0 atom stereocenters. The van der Waals surface area contributed by atoms with Gasteiger partial charge < -0.3 is 5.73 Å². The molecule has 5 N–H and O–H groups in total. The van der Waals surface area contributed by atoms with E-state index in [1.165, 1.54) is 5.32 Å². The van der Waals surface area contributed by atoms with Crippen LogP contribution in [0.1, 0.15) is 10.4 Å². The number of urea groups is 1. The third-order valence-corrected chi connectivity index (χ3v) is 1.88. The number of hydrogen-bond donors (Lipinski definition) is 3. The van der Waals surface area contributed by atoms with Crippen LogP contribution in [0, 0.1) is 0 Å². The molecule has 5 heteroatoms. The normalized spacial score (nSPS) is 13.7. The lowest BCUT2D eigenvalue weighted by Gasteiger charge is -1.95. The number of hydrogen-bond acceptors (Lipinski definition) is 2. The zero-order valence-electron chi connectivity index (χ0n) is 6.70. The smallest absolute Gasteiger partial charge is 0.366 e. The summed E-state index contributed by atoms with van der Waals surface area (Å²) in [5.74, 6) is -0.490. The molecule has 0 unspecified atom stereocenters. The number of fused-ring (bicyclic) bond motifs is 1. The van der Waals surface area contributed by atoms with E-state index in [0.717, 1.165) is 5.69 Å². The number of quaternary nitrogens is 1. The van der Waals surface area contributed by atoms with Crippen molar-refractivity contribution in [2.75, 3.05) is 5.32 Å². The van der Waals surface area contributed by atoms with E-state index in [9.17, 15) is 9.59 Å². The predicted octanol–water partition coefficient (Wildman–Crippen LogP) is -0.474. The van der Waals surface area contributed by atoms with E-state index in [1.54, 1.807) is 18.2 Å². The highest BCUT2D eigenvalue weighted by Crippen LogP contribution is 2.21. The average molecular weight is 178 g/mol. The van der Waals surface area contributed by atoms with Crippen molar-refractivity contribution in [3.63, 3.8) is 0 Å². The Bertz CT molecular complexity index is 400. The predicted molar refractivity (Wildman–Crippen MR) is 45.6 cm³/mol. The zero-order valence-corrected chi connectivity index (χ0v) is 6.70. The van der Waals surface area contributed by atoms with Crippen LogP contribution in [0.4, 0.5) is 16.2 Å². The summed E-state index contributed by atoms with van der Waals surface area (Å²) in [5, 5.41) is 4.05. The van der Waals surface area contributed by atoms with Gasteiger partial charge in [0.1, 0.15) is 5.69 Å². The van der Waals surface area contributed by atoms with Gasteiger partial charge in [0, 0.05) is 11.6 Å². The van der Waals surface area contributed by atoms with Crippen LogP contribution in [0.2, 0.25) is 0 Å². The second-order valence-electron chi connectivity index (χ2n) is 2.80. The van der Waals surface area contributed by atoms with Crippen LogP contribution in [0.25, 0.3) is 0 Å². The Kier molecular flexibility index (Phi) is 1.53. The molecule has 0 spiro atoms. The summed E-state index contributed by atoms with van der Waals surface area (Å²) in [5.41, 5.74) is 6.92. The van der Waals surface area contributed by atoms with E-state index >= 15 is 0 Å². The van der Waals surface area contributed by atoms with Crippen LogP contribution in [-0.4, -0.2) is 11.9 Å². The first kappa shape index (κ1) is 7.75. The van der Waals surface area contributed by atoms with Crippen molar-refractivity contribution < 1.29 is 14.9 Å². The van der Waals surface area contributed by atoms with Gasteiger partial charge in [0.05, 0.1) is 0 Å². The first-order valence-electron chi connectivity index (χ1n) is 3.76. The molecular weight excluding hydrogens is 170 g/mol. The Hall–Kier alpha value is -1.88. The fourth-order valence-electron chi connectivity index (χ4n) is 1.26. The Morgan fingerprint density at radius 1 is 1.46 bits per heavy atom. The van der Waals surface area contributed by atoms with Gasteiger partial charge in [-0.1, -0.05) is 0 Å². The van der Waals surface area contributed by atoms with Crippen molar-refractivity contribution >= 4 is 23.3 Å². The number of carbonyl (C=O) groups excluding carboxylic acids is 2. The van der Waals surface area contributed by atoms with E-state index < -0.39 is 5.91 Å². The zero-order chi connectivity index (χ0) is 9.42. The molecule has 1 aromatic rings. The Labute approximate surface area is 73.9 Å². The summed E-state index contributed by atoms with van der Waals surface area (Å²) in [6.07, 6.45) is 0. The molecule has 66 valence electrons. The maximum Gasteiger partial charge on any atom is 0.423 e. The first-order chi connectivity index (χ1) is 6.16. The van der Waals surface area contributed by atoms with Crippen molar-refractivity contribution in [1.82, 2.24) is 0 Å². The standard InChI is InChI=1S/C8H7N3O2/c9-7(12)4-1-2-5-6(3-4)11-8(13)10-5/h1-3H,(H2,9,12)(H2,10,11,13)/p+1. The summed E-state index contributed by atoms with van der Waals surface area (Å²) < 4.78 is 0. The summed E-state index contributed by atoms with van der Waals surface area (Å²) in [6, 6.07) is 4.67. The molecule has 13 heavy (non-hydrogen) atoms. The van der Waals surface area contributed by atoms with Gasteiger partial charge in [-0.2, -0.15) is 0 Å². The van der Waals surface area contributed by atoms with Gasteiger partial charge in [-0.05, 0) is 12.1 Å². The molecule has 0 fully saturated rings. The molecule has 1 aliphatic rings. The van der Waals surface area contributed by atoms with Crippen molar-refractivity contribution in [3.05, 3.63) is 23.8 Å². The second-order valence-corrected chi connectivity index (χ2v) is 2.80. The molecule has 0 aliphatic carbocycles. The second kappa shape index (κ2) is 2.56. The SMILES string of the molecule is NC(=O)c1ccc2c(c1)[NH2+]C(=O)N2. The third kappa shape index (κ3) is 1.25. The molecule has 0 saturated carbocycles. The van der Waals surface area contributed by atoms with Crippen molar-refractivity contribution in [2.24, 2.45) is 5.73 Å². The van der Waals surface area contributed by atoms with Crippen molar-refractivity contribution in [3.8, 4) is 0 Å². The van der Waals surface area contributed by atoms with Gasteiger partial charge in [0.2, 0.25) is 5.91 Å². The lowest BCUT2D eigenvalue weighted by Crippen LogP contribution is -2.80. The van der Waals surface area contributed by atoms with Gasteiger partial charge in [0.15, 0.2) is 5.69 Å². The summed E-state index contributed by atoms with van der Waals surface area (Å²) in [4.78, 5) is 21.7. The fraction of sp³-hybridized carbons (Fsp3) is 0. The van der Waals surface area contributed by atoms with Crippen LogP contribution < -0.4 is 16.4 Å². The Morgan fingerprint density at radius 2 is 2.23 bits per heavy atom. The molecule has 5 nitrogen and oxygen atoms in total. The van der Waals surface area contributed by atoms with Crippen molar-refractivity contribution in [2.45, 2.75) is 0 Å². The van der Waals surface area contributed by atoms with Gasteiger partial charge in [0.25, 0.3) is 0 Å². The summed E-state index contributed by atoms with van der Waals surface area (Å²) in [6.45, 7) is 0. The van der Waals surface area contributed by atoms with Gasteiger partial charge in [-0.3, -0.25) is 10.1 Å². The molecule has 1 aromatic carbocycles. The van der Waals surface area contributed by atoms with Crippen LogP contribution >= 0.6 is 0 Å². The lowest BCUT2D eigenvalue weighted by atomic mass is 10.2. The lowest BCUT2D eigenvalue weighted by molar-refractivity contribution is -0.453. The highest BCUT2D eigenvalue weighted by molar-refractivity contribution is 5.98. The summed E-state index contributed by atoms with van der Waals surface area (Å²) in [7, 11) is 0. The summed E-state index contributed by atoms with van der Waals surface area (Å²) >= 11 is 0. The number of amides is 3. The minimum atomic E-state index is -0.490. The molecule has 1 heterocycles. The highest BCUT2D eigenvalue weighted by atomic mass is 16.2. The Morgan fingerprint density at radius 3 is 2.92 bits per heavy atom. The van der Waals surface area contributed by atoms with Gasteiger partial charge in [-0.15, -0.1) is 0 Å². The molecular formula is C8H8N3O2+. The maximum absolute atomic E-state index is 10.9. The number of nitrogens with one attached hydrogen (secondary N) is 1. The number of rotatable bonds is 1. The van der Waals surface area contributed by atoms with E-state index in [2.05, 4.69) is 5.32 Å². The average Bonchev–Trinajstić information content (AvgIpc) is 2.42. The number of carbonyl (C=O) groups is 2.